The molecule has 0 bridgehead atoms. The summed E-state index contributed by atoms with van der Waals surface area (Å²) >= 11 is 0. The van der Waals surface area contributed by atoms with E-state index in [1.807, 2.05) is 0 Å². The molecule has 0 aliphatic heterocycles. The summed E-state index contributed by atoms with van der Waals surface area (Å²) in [6.07, 6.45) is 4.82. The molecule has 0 spiro atoms. The van der Waals surface area contributed by atoms with Crippen molar-refractivity contribution in [2.45, 2.75) is 105 Å². The molecule has 6 heteroatoms. The van der Waals surface area contributed by atoms with Gasteiger partial charge in [-0.1, -0.05) is 27.2 Å². The molecule has 4 aliphatic rings. The Morgan fingerprint density at radius 3 is 2.21 bits per heavy atom. The Kier molecular flexibility index (Phi) is 6.60. The van der Waals surface area contributed by atoms with E-state index >= 15 is 0 Å². The van der Waals surface area contributed by atoms with Crippen LogP contribution in [-0.2, 0) is 14.4 Å². The first-order chi connectivity index (χ1) is 15.8. The van der Waals surface area contributed by atoms with Gasteiger partial charge in [0.2, 0.25) is 0 Å². The van der Waals surface area contributed by atoms with E-state index in [2.05, 4.69) is 20.8 Å². The Morgan fingerprint density at radius 1 is 0.971 bits per heavy atom. The number of aliphatic carboxylic acids is 1. The zero-order valence-electron chi connectivity index (χ0n) is 21.5. The molecule has 0 aromatic heterocycles. The van der Waals surface area contributed by atoms with Gasteiger partial charge in [0.25, 0.3) is 0 Å². The number of carboxylic acids is 1. The molecule has 0 saturated heterocycles. The maximum atomic E-state index is 13.2. The van der Waals surface area contributed by atoms with E-state index < -0.39 is 34.4 Å². The zero-order chi connectivity index (χ0) is 25.2. The van der Waals surface area contributed by atoms with Gasteiger partial charge in [-0.3, -0.25) is 14.4 Å². The average Bonchev–Trinajstić information content (AvgIpc) is 3.11. The van der Waals surface area contributed by atoms with Crippen molar-refractivity contribution in [3.8, 4) is 0 Å². The lowest BCUT2D eigenvalue weighted by atomic mass is 9.36. The number of carbonyl (C=O) groups is 3. The summed E-state index contributed by atoms with van der Waals surface area (Å²) < 4.78 is 0. The number of ketones is 2. The van der Waals surface area contributed by atoms with Crippen LogP contribution in [0.25, 0.3) is 0 Å². The number of Topliss-reactive ketones (excluding diaryl/α,β-unsaturated/α-hetero) is 2. The van der Waals surface area contributed by atoms with Gasteiger partial charge in [0.15, 0.2) is 0 Å². The van der Waals surface area contributed by atoms with E-state index in [1.165, 1.54) is 0 Å². The molecular weight excluding hydrogens is 432 g/mol. The summed E-state index contributed by atoms with van der Waals surface area (Å²) in [5, 5.41) is 32.5. The lowest BCUT2D eigenvalue weighted by molar-refractivity contribution is -0.230. The van der Waals surface area contributed by atoms with Crippen molar-refractivity contribution < 1.29 is 29.7 Å². The van der Waals surface area contributed by atoms with Crippen LogP contribution in [0.3, 0.4) is 0 Å². The SMILES string of the molecule is CC(=O)C1(C(C)=O)CCCC2CC(O)C3C4CCC(C(C)CCC(=O)O)C4(C)C(O)CC3C21C. The van der Waals surface area contributed by atoms with Crippen molar-refractivity contribution in [2.24, 2.45) is 51.8 Å². The molecule has 0 heterocycles. The molecule has 0 amide bonds. The second-order valence-electron chi connectivity index (χ2n) is 12.7. The van der Waals surface area contributed by atoms with Gasteiger partial charge in [0, 0.05) is 6.42 Å². The number of aliphatic hydroxyl groups excluding tert-OH is 2. The Bertz CT molecular complexity index is 838. The van der Waals surface area contributed by atoms with Crippen LogP contribution >= 0.6 is 0 Å². The number of hydrogen-bond donors (Lipinski definition) is 3. The molecule has 0 radical (unpaired) electrons. The number of hydrogen-bond acceptors (Lipinski definition) is 5. The minimum atomic E-state index is -1.04. The van der Waals surface area contributed by atoms with Crippen molar-refractivity contribution in [1.29, 1.82) is 0 Å². The molecule has 192 valence electrons. The number of fused-ring (bicyclic) bond motifs is 5. The van der Waals surface area contributed by atoms with Crippen molar-refractivity contribution >= 4 is 17.5 Å². The smallest absolute Gasteiger partial charge is 0.303 e. The van der Waals surface area contributed by atoms with Crippen molar-refractivity contribution in [3.63, 3.8) is 0 Å². The summed E-state index contributed by atoms with van der Waals surface area (Å²) in [5.74, 6) is -0.490. The minimum Gasteiger partial charge on any atom is -0.481 e. The van der Waals surface area contributed by atoms with Gasteiger partial charge < -0.3 is 15.3 Å². The maximum Gasteiger partial charge on any atom is 0.303 e. The Morgan fingerprint density at radius 2 is 1.62 bits per heavy atom. The third-order valence-corrected chi connectivity index (χ3v) is 11.8. The van der Waals surface area contributed by atoms with Crippen LogP contribution in [0.2, 0.25) is 0 Å². The predicted molar refractivity (Wildman–Crippen MR) is 128 cm³/mol. The van der Waals surface area contributed by atoms with Crippen LogP contribution in [-0.4, -0.2) is 45.1 Å². The summed E-state index contributed by atoms with van der Waals surface area (Å²) in [4.78, 5) is 37.6. The third-order valence-electron chi connectivity index (χ3n) is 11.8. The summed E-state index contributed by atoms with van der Waals surface area (Å²) in [6.45, 7) is 9.51. The number of aliphatic hydroxyl groups is 2. The predicted octanol–water partition coefficient (Wildman–Crippen LogP) is 4.25. The van der Waals surface area contributed by atoms with E-state index in [1.54, 1.807) is 13.8 Å². The molecule has 0 aromatic rings. The van der Waals surface area contributed by atoms with Crippen LogP contribution < -0.4 is 0 Å². The molecule has 34 heavy (non-hydrogen) atoms. The first kappa shape index (κ1) is 25.8. The first-order valence-corrected chi connectivity index (χ1v) is 13.4. The fourth-order valence-electron chi connectivity index (χ4n) is 10.2. The van der Waals surface area contributed by atoms with Crippen LogP contribution in [0, 0.1) is 51.8 Å². The Hall–Kier alpha value is -1.27. The molecule has 4 rings (SSSR count). The van der Waals surface area contributed by atoms with Gasteiger partial charge in [-0.05, 0) is 105 Å². The Labute approximate surface area is 203 Å². The Balaban J connectivity index is 1.75. The normalized spacial score (nSPS) is 46.0. The summed E-state index contributed by atoms with van der Waals surface area (Å²) in [6, 6.07) is 0. The van der Waals surface area contributed by atoms with E-state index in [0.29, 0.717) is 25.7 Å². The van der Waals surface area contributed by atoms with Gasteiger partial charge in [-0.25, -0.2) is 0 Å². The first-order valence-electron chi connectivity index (χ1n) is 13.4. The number of carbonyl (C=O) groups excluding carboxylic acids is 2. The zero-order valence-corrected chi connectivity index (χ0v) is 21.5. The van der Waals surface area contributed by atoms with Crippen molar-refractivity contribution in [2.75, 3.05) is 0 Å². The standard InChI is InChI=1S/C28H44O6/c1-15(8-11-24(33)34)19-9-10-20-25-21(14-23(32)26(19,20)4)27(5)18(13-22(25)31)7-6-12-28(27,16(2)29)17(3)30/h15,18-23,25,31-32H,6-14H2,1-5H3,(H,33,34). The van der Waals surface area contributed by atoms with Crippen LogP contribution in [0.5, 0.6) is 0 Å². The topological polar surface area (TPSA) is 112 Å². The highest BCUT2D eigenvalue weighted by molar-refractivity contribution is 6.06. The van der Waals surface area contributed by atoms with Crippen molar-refractivity contribution in [3.05, 3.63) is 0 Å². The fourth-order valence-corrected chi connectivity index (χ4v) is 10.2. The van der Waals surface area contributed by atoms with Gasteiger partial charge in [-0.15, -0.1) is 0 Å². The largest absolute Gasteiger partial charge is 0.481 e. The molecule has 3 N–H and O–H groups in total. The van der Waals surface area contributed by atoms with Crippen LogP contribution in [0.4, 0.5) is 0 Å². The number of carboxylic acid groups (broad SMARTS) is 1. The lowest BCUT2D eigenvalue weighted by Crippen LogP contribution is -2.68. The highest BCUT2D eigenvalue weighted by Crippen LogP contribution is 2.71. The minimum absolute atomic E-state index is 0.0532. The highest BCUT2D eigenvalue weighted by Gasteiger charge is 2.71. The number of rotatable bonds is 6. The van der Waals surface area contributed by atoms with Gasteiger partial charge >= 0.3 is 5.97 Å². The molecule has 4 fully saturated rings. The van der Waals surface area contributed by atoms with E-state index in [0.717, 1.165) is 25.7 Å². The monoisotopic (exact) mass is 476 g/mol. The second kappa shape index (κ2) is 8.69. The second-order valence-corrected chi connectivity index (χ2v) is 12.7. The van der Waals surface area contributed by atoms with E-state index in [9.17, 15) is 29.7 Å². The van der Waals surface area contributed by atoms with Gasteiger partial charge in [-0.2, -0.15) is 0 Å². The quantitative estimate of drug-likeness (QED) is 0.494. The molecule has 10 unspecified atom stereocenters. The fraction of sp³-hybridized carbons (Fsp3) is 0.893. The van der Waals surface area contributed by atoms with Gasteiger partial charge in [0.05, 0.1) is 17.6 Å². The van der Waals surface area contributed by atoms with Gasteiger partial charge in [0.1, 0.15) is 11.6 Å². The van der Waals surface area contributed by atoms with E-state index in [-0.39, 0.29) is 53.5 Å². The summed E-state index contributed by atoms with van der Waals surface area (Å²) in [5.41, 5.74) is -2.01. The highest BCUT2D eigenvalue weighted by atomic mass is 16.4. The molecule has 4 aliphatic carbocycles. The average molecular weight is 477 g/mol. The third kappa shape index (κ3) is 3.30. The lowest BCUT2D eigenvalue weighted by Gasteiger charge is -2.67. The van der Waals surface area contributed by atoms with Crippen LogP contribution in [0.1, 0.15) is 92.4 Å². The summed E-state index contributed by atoms with van der Waals surface area (Å²) in [7, 11) is 0. The molecule has 0 aromatic carbocycles. The molecule has 4 saturated carbocycles. The molecule has 10 atom stereocenters. The van der Waals surface area contributed by atoms with Crippen LogP contribution in [0.15, 0.2) is 0 Å². The molecule has 6 nitrogen and oxygen atoms in total. The van der Waals surface area contributed by atoms with E-state index in [4.69, 9.17) is 0 Å². The van der Waals surface area contributed by atoms with Crippen molar-refractivity contribution in [1.82, 2.24) is 0 Å². The maximum absolute atomic E-state index is 13.2. The molecular formula is C28H44O6.